The summed E-state index contributed by atoms with van der Waals surface area (Å²) in [6.45, 7) is 10.6. The van der Waals surface area contributed by atoms with Crippen molar-refractivity contribution in [3.63, 3.8) is 0 Å². The van der Waals surface area contributed by atoms with Crippen molar-refractivity contribution in [3.8, 4) is 0 Å². The van der Waals surface area contributed by atoms with Crippen LogP contribution >= 0.6 is 12.6 Å². The molecule has 0 saturated heterocycles. The van der Waals surface area contributed by atoms with E-state index in [-0.39, 0.29) is 10.2 Å². The Morgan fingerprint density at radius 3 is 2.00 bits per heavy atom. The molecule has 0 aliphatic carbocycles. The Kier molecular flexibility index (Phi) is 2.54. The largest absolute Gasteiger partial charge is 0.468 e. The van der Waals surface area contributed by atoms with E-state index < -0.39 is 0 Å². The summed E-state index contributed by atoms with van der Waals surface area (Å²) in [6.07, 6.45) is 1.74. The molecule has 1 nitrogen and oxygen atoms in total. The summed E-state index contributed by atoms with van der Waals surface area (Å²) in [4.78, 5) is 0. The molecule has 0 saturated carbocycles. The van der Waals surface area contributed by atoms with Crippen molar-refractivity contribution in [1.82, 2.24) is 0 Å². The Bertz CT molecular complexity index is 257. The van der Waals surface area contributed by atoms with Crippen LogP contribution in [0.15, 0.2) is 16.7 Å². The van der Waals surface area contributed by atoms with Gasteiger partial charge >= 0.3 is 0 Å². The van der Waals surface area contributed by atoms with Crippen LogP contribution in [-0.2, 0) is 10.2 Å². The fraction of sp³-hybridized carbons (Fsp3) is 0.636. The molecule has 0 atom stereocenters. The molecule has 0 radical (unpaired) electrons. The maximum absolute atomic E-state index is 5.48. The lowest BCUT2D eigenvalue weighted by Crippen LogP contribution is -2.18. The van der Waals surface area contributed by atoms with Gasteiger partial charge in [0.25, 0.3) is 0 Å². The molecule has 0 amide bonds. The summed E-state index contributed by atoms with van der Waals surface area (Å²) in [5.74, 6) is 0.975. The molecule has 1 aromatic rings. The Morgan fingerprint density at radius 1 is 1.15 bits per heavy atom. The van der Waals surface area contributed by atoms with E-state index in [9.17, 15) is 0 Å². The highest BCUT2D eigenvalue weighted by molar-refractivity contribution is 7.81. The average Bonchev–Trinajstić information content (AvgIpc) is 2.27. The topological polar surface area (TPSA) is 13.1 Å². The second-order valence-electron chi connectivity index (χ2n) is 4.97. The van der Waals surface area contributed by atoms with Gasteiger partial charge in [0.15, 0.2) is 0 Å². The molecule has 0 unspecified atom stereocenters. The Morgan fingerprint density at radius 2 is 1.69 bits per heavy atom. The number of hydrogen-bond acceptors (Lipinski definition) is 2. The highest BCUT2D eigenvalue weighted by atomic mass is 32.1. The number of thiol groups is 1. The summed E-state index contributed by atoms with van der Waals surface area (Å²) in [6, 6.07) is 2.04. The third-order valence-corrected chi connectivity index (χ3v) is 2.23. The lowest BCUT2D eigenvalue weighted by Gasteiger charge is -2.23. The van der Waals surface area contributed by atoms with Gasteiger partial charge in [0.2, 0.25) is 0 Å². The second kappa shape index (κ2) is 3.09. The number of furan rings is 1. The maximum atomic E-state index is 5.48. The molecule has 2 heteroatoms. The molecular weight excluding hydrogens is 180 g/mol. The summed E-state index contributed by atoms with van der Waals surface area (Å²) < 4.78 is 5.28. The van der Waals surface area contributed by atoms with Gasteiger partial charge in [0, 0.05) is 5.56 Å². The van der Waals surface area contributed by atoms with Crippen LogP contribution in [0.3, 0.4) is 0 Å². The van der Waals surface area contributed by atoms with E-state index in [0.29, 0.717) is 0 Å². The van der Waals surface area contributed by atoms with Crippen LogP contribution < -0.4 is 0 Å². The van der Waals surface area contributed by atoms with Crippen molar-refractivity contribution in [3.05, 3.63) is 23.7 Å². The van der Waals surface area contributed by atoms with Crippen LogP contribution in [0.1, 0.15) is 45.9 Å². The molecule has 0 fully saturated rings. The minimum absolute atomic E-state index is 0.127. The molecule has 0 aliphatic heterocycles. The maximum Gasteiger partial charge on any atom is 0.122 e. The summed E-state index contributed by atoms with van der Waals surface area (Å²) in [5, 5.41) is 0. The van der Waals surface area contributed by atoms with Gasteiger partial charge in [-0.25, -0.2) is 0 Å². The van der Waals surface area contributed by atoms with Crippen molar-refractivity contribution in [2.75, 3.05) is 0 Å². The smallest absolute Gasteiger partial charge is 0.122 e. The SMILES string of the molecule is CC(C)(C)c1ccoc1C(C)(C)S. The highest BCUT2D eigenvalue weighted by Gasteiger charge is 2.28. The van der Waals surface area contributed by atoms with Crippen molar-refractivity contribution in [1.29, 1.82) is 0 Å². The van der Waals surface area contributed by atoms with Gasteiger partial charge in [-0.15, -0.1) is 0 Å². The second-order valence-corrected chi connectivity index (χ2v) is 6.09. The molecule has 74 valence electrons. The van der Waals surface area contributed by atoms with Crippen LogP contribution in [-0.4, -0.2) is 0 Å². The van der Waals surface area contributed by atoms with Gasteiger partial charge in [-0.05, 0) is 25.3 Å². The van der Waals surface area contributed by atoms with Crippen LogP contribution in [0.25, 0.3) is 0 Å². The zero-order valence-electron chi connectivity index (χ0n) is 9.01. The van der Waals surface area contributed by atoms with Crippen LogP contribution in [0.5, 0.6) is 0 Å². The first-order valence-corrected chi connectivity index (χ1v) is 4.98. The number of hydrogen-bond donors (Lipinski definition) is 1. The Labute approximate surface area is 85.9 Å². The van der Waals surface area contributed by atoms with Crippen LogP contribution in [0.4, 0.5) is 0 Å². The molecule has 1 rings (SSSR count). The fourth-order valence-corrected chi connectivity index (χ4v) is 1.55. The molecular formula is C11H18OS. The van der Waals surface area contributed by atoms with Gasteiger partial charge in [-0.3, -0.25) is 0 Å². The zero-order valence-corrected chi connectivity index (χ0v) is 9.90. The normalized spacial score (nSPS) is 13.4. The minimum Gasteiger partial charge on any atom is -0.468 e. The standard InChI is InChI=1S/C11H18OS/c1-10(2,3)8-6-7-12-9(8)11(4,5)13/h6-7,13H,1-5H3. The van der Waals surface area contributed by atoms with Crippen molar-refractivity contribution in [2.45, 2.75) is 44.8 Å². The van der Waals surface area contributed by atoms with E-state index in [1.165, 1.54) is 5.56 Å². The van der Waals surface area contributed by atoms with Crippen molar-refractivity contribution in [2.24, 2.45) is 0 Å². The first kappa shape index (κ1) is 10.7. The Hall–Kier alpha value is -0.370. The fourth-order valence-electron chi connectivity index (χ4n) is 1.37. The third kappa shape index (κ3) is 2.31. The minimum atomic E-state index is -0.202. The monoisotopic (exact) mass is 198 g/mol. The van der Waals surface area contributed by atoms with E-state index >= 15 is 0 Å². The summed E-state index contributed by atoms with van der Waals surface area (Å²) >= 11 is 4.52. The van der Waals surface area contributed by atoms with Gasteiger partial charge in [-0.1, -0.05) is 20.8 Å². The van der Waals surface area contributed by atoms with Gasteiger partial charge in [-0.2, -0.15) is 12.6 Å². The van der Waals surface area contributed by atoms with Crippen LogP contribution in [0.2, 0.25) is 0 Å². The lowest BCUT2D eigenvalue weighted by atomic mass is 9.85. The van der Waals surface area contributed by atoms with Gasteiger partial charge < -0.3 is 4.42 Å². The van der Waals surface area contributed by atoms with E-state index in [1.54, 1.807) is 6.26 Å². The molecule has 0 aromatic carbocycles. The molecule has 13 heavy (non-hydrogen) atoms. The van der Waals surface area contributed by atoms with E-state index in [1.807, 2.05) is 19.9 Å². The first-order chi connectivity index (χ1) is 5.73. The molecule has 1 aromatic heterocycles. The van der Waals surface area contributed by atoms with Crippen molar-refractivity contribution >= 4 is 12.6 Å². The average molecular weight is 198 g/mol. The molecule has 0 bridgehead atoms. The van der Waals surface area contributed by atoms with E-state index in [4.69, 9.17) is 4.42 Å². The Balaban J connectivity index is 3.19. The first-order valence-electron chi connectivity index (χ1n) is 4.54. The predicted octanol–water partition coefficient (Wildman–Crippen LogP) is 3.74. The lowest BCUT2D eigenvalue weighted by molar-refractivity contribution is 0.448. The zero-order chi connectivity index (χ0) is 10.3. The summed E-state index contributed by atoms with van der Waals surface area (Å²) in [5.41, 5.74) is 1.37. The van der Waals surface area contributed by atoms with E-state index in [0.717, 1.165) is 5.76 Å². The quantitative estimate of drug-likeness (QED) is 0.678. The van der Waals surface area contributed by atoms with E-state index in [2.05, 4.69) is 33.4 Å². The summed E-state index contributed by atoms with van der Waals surface area (Å²) in [7, 11) is 0. The van der Waals surface area contributed by atoms with Gasteiger partial charge in [0.05, 0.1) is 11.0 Å². The highest BCUT2D eigenvalue weighted by Crippen LogP contribution is 2.36. The number of rotatable bonds is 1. The molecule has 0 aliphatic rings. The van der Waals surface area contributed by atoms with Crippen LogP contribution in [0, 0.1) is 0 Å². The third-order valence-electron chi connectivity index (χ3n) is 2.03. The predicted molar refractivity (Wildman–Crippen MR) is 59.4 cm³/mol. The van der Waals surface area contributed by atoms with Gasteiger partial charge in [0.1, 0.15) is 5.76 Å². The molecule has 1 heterocycles. The molecule has 0 N–H and O–H groups in total. The molecule has 0 spiro atoms. The van der Waals surface area contributed by atoms with Crippen molar-refractivity contribution < 1.29 is 4.42 Å².